The summed E-state index contributed by atoms with van der Waals surface area (Å²) in [7, 11) is 0. The quantitative estimate of drug-likeness (QED) is 0.212. The van der Waals surface area contributed by atoms with Crippen LogP contribution in [0.1, 0.15) is 56.7 Å². The molecule has 2 amide bonds. The Morgan fingerprint density at radius 1 is 1.09 bits per heavy atom. The molecule has 10 nitrogen and oxygen atoms in total. The molecule has 1 saturated heterocycles. The first-order valence-corrected chi connectivity index (χ1v) is 16.2. The number of carboxylic acid groups (broad SMARTS) is 1. The van der Waals surface area contributed by atoms with Crippen molar-refractivity contribution < 1.29 is 19.5 Å². The maximum atomic E-state index is 13.8. The first-order chi connectivity index (χ1) is 22.7. The van der Waals surface area contributed by atoms with Crippen LogP contribution in [0.4, 0.5) is 5.82 Å². The van der Waals surface area contributed by atoms with Crippen molar-refractivity contribution in [1.82, 2.24) is 19.4 Å². The summed E-state index contributed by atoms with van der Waals surface area (Å²) in [5, 5.41) is 21.2. The molecule has 5 rings (SSSR count). The molecule has 1 aromatic heterocycles. The molecule has 1 fully saturated rings. The molecule has 0 saturated carbocycles. The lowest BCUT2D eigenvalue weighted by Gasteiger charge is -2.39. The number of nitriles is 1. The van der Waals surface area contributed by atoms with Crippen LogP contribution >= 0.6 is 0 Å². The van der Waals surface area contributed by atoms with E-state index >= 15 is 0 Å². The van der Waals surface area contributed by atoms with E-state index in [2.05, 4.69) is 54.1 Å². The second-order valence-corrected chi connectivity index (χ2v) is 12.4. The topological polar surface area (TPSA) is 123 Å². The zero-order valence-corrected chi connectivity index (χ0v) is 27.2. The van der Waals surface area contributed by atoms with Crippen LogP contribution in [0.3, 0.4) is 0 Å². The fourth-order valence-electron chi connectivity index (χ4n) is 6.60. The molecule has 0 bridgehead atoms. The number of hydrogen-bond acceptors (Lipinski definition) is 6. The van der Waals surface area contributed by atoms with Gasteiger partial charge in [-0.05, 0) is 52.8 Å². The second-order valence-electron chi connectivity index (χ2n) is 12.4. The monoisotopic (exact) mass is 634 g/mol. The van der Waals surface area contributed by atoms with Crippen LogP contribution in [0.5, 0.6) is 0 Å². The Morgan fingerprint density at radius 2 is 1.83 bits per heavy atom. The van der Waals surface area contributed by atoms with E-state index in [-0.39, 0.29) is 30.3 Å². The zero-order chi connectivity index (χ0) is 33.5. The van der Waals surface area contributed by atoms with Gasteiger partial charge in [-0.3, -0.25) is 19.4 Å². The maximum absolute atomic E-state index is 13.8. The Balaban J connectivity index is 1.49. The molecule has 3 aromatic carbocycles. The van der Waals surface area contributed by atoms with Crippen molar-refractivity contribution in [3.8, 4) is 6.07 Å². The number of nitrogens with zero attached hydrogens (tertiary/aromatic N) is 6. The zero-order valence-electron chi connectivity index (χ0n) is 27.2. The average molecular weight is 635 g/mol. The van der Waals surface area contributed by atoms with E-state index in [1.807, 2.05) is 34.9 Å². The summed E-state index contributed by atoms with van der Waals surface area (Å²) in [5.41, 5.74) is 2.59. The highest BCUT2D eigenvalue weighted by molar-refractivity contribution is 5.91. The molecule has 2 heterocycles. The number of amides is 2. The fourth-order valence-corrected chi connectivity index (χ4v) is 6.60. The number of imidazole rings is 1. The van der Waals surface area contributed by atoms with E-state index in [0.29, 0.717) is 50.4 Å². The summed E-state index contributed by atoms with van der Waals surface area (Å²) in [6.45, 7) is 7.49. The summed E-state index contributed by atoms with van der Waals surface area (Å²) < 4.78 is 1.93. The Morgan fingerprint density at radius 3 is 2.53 bits per heavy atom. The van der Waals surface area contributed by atoms with Crippen LogP contribution in [0.15, 0.2) is 79.3 Å². The van der Waals surface area contributed by atoms with E-state index in [9.17, 15) is 24.8 Å². The number of benzene rings is 3. The van der Waals surface area contributed by atoms with Crippen molar-refractivity contribution >= 4 is 34.4 Å². The summed E-state index contributed by atoms with van der Waals surface area (Å²) in [5.74, 6) is -0.640. The predicted molar refractivity (Wildman–Crippen MR) is 180 cm³/mol. The van der Waals surface area contributed by atoms with Gasteiger partial charge in [0.05, 0.1) is 43.3 Å². The van der Waals surface area contributed by atoms with Gasteiger partial charge in [0.15, 0.2) is 0 Å². The number of carbonyl (C=O) groups is 3. The van der Waals surface area contributed by atoms with Gasteiger partial charge in [0.25, 0.3) is 0 Å². The largest absolute Gasteiger partial charge is 0.480 e. The van der Waals surface area contributed by atoms with Crippen LogP contribution < -0.4 is 4.90 Å². The van der Waals surface area contributed by atoms with Gasteiger partial charge in [-0.25, -0.2) is 9.78 Å². The molecule has 4 aromatic rings. The molecule has 10 heteroatoms. The lowest BCUT2D eigenvalue weighted by Crippen LogP contribution is -2.52. The van der Waals surface area contributed by atoms with Gasteiger partial charge >= 0.3 is 5.97 Å². The standard InChI is InChI=1S/C37H42N6O4/c1-4-26(2)34(43(27(3)44)35-20-39-25-41(35)21-29-16-14-28(19-38)15-17-29)23-40(24-36(45)42-18-8-13-33(42)37(46)47)22-31-11-7-10-30-9-5-6-12-32(30)31/h5-7,9-12,14-17,20,25-26,33-34H,4,8,13,18,21-24H2,1-3H3,(H,46,47)/t26-,33+,34+/m0/s1. The normalized spacial score (nSPS) is 15.8. The van der Waals surface area contributed by atoms with Crippen LogP contribution in [0, 0.1) is 17.2 Å². The van der Waals surface area contributed by atoms with E-state index in [1.54, 1.807) is 36.5 Å². The number of carboxylic acids is 1. The number of hydrogen-bond donors (Lipinski definition) is 1. The van der Waals surface area contributed by atoms with Crippen LogP contribution in [0.2, 0.25) is 0 Å². The van der Waals surface area contributed by atoms with E-state index < -0.39 is 12.0 Å². The molecular formula is C37H42N6O4. The van der Waals surface area contributed by atoms with Crippen molar-refractivity contribution in [3.63, 3.8) is 0 Å². The molecule has 1 aliphatic rings. The molecule has 1 aliphatic heterocycles. The molecular weight excluding hydrogens is 592 g/mol. The van der Waals surface area contributed by atoms with Crippen molar-refractivity contribution in [1.29, 1.82) is 5.26 Å². The highest BCUT2D eigenvalue weighted by atomic mass is 16.4. The molecule has 47 heavy (non-hydrogen) atoms. The summed E-state index contributed by atoms with van der Waals surface area (Å²) in [6, 6.07) is 22.6. The molecule has 244 valence electrons. The minimum Gasteiger partial charge on any atom is -0.480 e. The minimum atomic E-state index is -0.979. The molecule has 0 radical (unpaired) electrons. The number of carbonyl (C=O) groups excluding carboxylic acids is 2. The average Bonchev–Trinajstić information content (AvgIpc) is 3.75. The number of likely N-dealkylation sites (tertiary alicyclic amines) is 1. The number of fused-ring (bicyclic) bond motifs is 1. The Hall–Kier alpha value is -5.01. The number of anilines is 1. The van der Waals surface area contributed by atoms with Gasteiger partial charge in [0, 0.05) is 26.6 Å². The van der Waals surface area contributed by atoms with Crippen LogP contribution in [-0.2, 0) is 27.5 Å². The first kappa shape index (κ1) is 33.4. The molecule has 0 unspecified atom stereocenters. The van der Waals surface area contributed by atoms with Crippen molar-refractivity contribution in [2.45, 2.75) is 65.2 Å². The van der Waals surface area contributed by atoms with Crippen molar-refractivity contribution in [2.75, 3.05) is 24.5 Å². The van der Waals surface area contributed by atoms with Gasteiger partial charge in [-0.2, -0.15) is 5.26 Å². The lowest BCUT2D eigenvalue weighted by atomic mass is 9.96. The molecule has 1 N–H and O–H groups in total. The predicted octanol–water partition coefficient (Wildman–Crippen LogP) is 5.30. The molecule has 0 spiro atoms. The van der Waals surface area contributed by atoms with Crippen molar-refractivity contribution in [3.05, 3.63) is 95.9 Å². The number of aliphatic carboxylic acids is 1. The van der Waals surface area contributed by atoms with Crippen LogP contribution in [-0.4, -0.2) is 74.0 Å². The third-order valence-corrected chi connectivity index (χ3v) is 9.28. The van der Waals surface area contributed by atoms with Crippen molar-refractivity contribution in [2.24, 2.45) is 5.92 Å². The lowest BCUT2D eigenvalue weighted by molar-refractivity contribution is -0.148. The third kappa shape index (κ3) is 7.69. The Kier molecular flexibility index (Phi) is 10.7. The van der Waals surface area contributed by atoms with E-state index in [4.69, 9.17) is 0 Å². The van der Waals surface area contributed by atoms with Gasteiger partial charge in [-0.15, -0.1) is 0 Å². The summed E-state index contributed by atoms with van der Waals surface area (Å²) in [4.78, 5) is 49.1. The molecule has 3 atom stereocenters. The third-order valence-electron chi connectivity index (χ3n) is 9.28. The second kappa shape index (κ2) is 15.1. The highest BCUT2D eigenvalue weighted by Crippen LogP contribution is 2.27. The van der Waals surface area contributed by atoms with Gasteiger partial charge in [0.2, 0.25) is 11.8 Å². The molecule has 0 aliphatic carbocycles. The Labute approximate surface area is 275 Å². The van der Waals surface area contributed by atoms with Gasteiger partial charge in [-0.1, -0.05) is 74.9 Å². The first-order valence-electron chi connectivity index (χ1n) is 16.2. The minimum absolute atomic E-state index is 0.0240. The van der Waals surface area contributed by atoms with E-state index in [1.165, 1.54) is 4.90 Å². The van der Waals surface area contributed by atoms with Gasteiger partial charge in [0.1, 0.15) is 11.9 Å². The summed E-state index contributed by atoms with van der Waals surface area (Å²) >= 11 is 0. The SMILES string of the molecule is CC[C@H](C)[C@@H](CN(CC(=O)N1CCC[C@@H]1C(=O)O)Cc1cccc2ccccc12)N(C(C)=O)c1cncn1Cc1ccc(C#N)cc1. The smallest absolute Gasteiger partial charge is 0.326 e. The van der Waals surface area contributed by atoms with Gasteiger partial charge < -0.3 is 14.6 Å². The number of aromatic nitrogens is 2. The summed E-state index contributed by atoms with van der Waals surface area (Å²) in [6.07, 6.45) is 5.29. The highest BCUT2D eigenvalue weighted by Gasteiger charge is 2.36. The fraction of sp³-hybridized carbons (Fsp3) is 0.378. The van der Waals surface area contributed by atoms with E-state index in [0.717, 1.165) is 28.3 Å². The van der Waals surface area contributed by atoms with Crippen LogP contribution in [0.25, 0.3) is 10.8 Å². The Bertz CT molecular complexity index is 1760. The number of rotatable bonds is 13. The maximum Gasteiger partial charge on any atom is 0.326 e.